The second kappa shape index (κ2) is 5.17. The fourth-order valence-electron chi connectivity index (χ4n) is 1.72. The topological polar surface area (TPSA) is 87.7 Å². The molecular weight excluding hydrogens is 248 g/mol. The van der Waals surface area contributed by atoms with Crippen LogP contribution in [-0.2, 0) is 4.79 Å². The first kappa shape index (κ1) is 13.2. The van der Waals surface area contributed by atoms with E-state index in [0.29, 0.717) is 24.3 Å². The Bertz CT molecular complexity index is 480. The van der Waals surface area contributed by atoms with Crippen LogP contribution in [0, 0.1) is 5.41 Å². The van der Waals surface area contributed by atoms with E-state index in [-0.39, 0.29) is 6.54 Å². The lowest BCUT2D eigenvalue weighted by Gasteiger charge is -2.12. The van der Waals surface area contributed by atoms with Crippen molar-refractivity contribution in [2.75, 3.05) is 19.0 Å². The van der Waals surface area contributed by atoms with Crippen LogP contribution < -0.4 is 15.4 Å². The predicted molar refractivity (Wildman–Crippen MR) is 69.3 cm³/mol. The molecular formula is C13H16N2O4. The van der Waals surface area contributed by atoms with Crippen LogP contribution in [0.15, 0.2) is 24.3 Å². The van der Waals surface area contributed by atoms with Gasteiger partial charge in [-0.3, -0.25) is 4.79 Å². The highest BCUT2D eigenvalue weighted by Crippen LogP contribution is 2.45. The van der Waals surface area contributed by atoms with E-state index >= 15 is 0 Å². The molecule has 1 aromatic rings. The number of nitrogens with one attached hydrogen (secondary N) is 2. The molecule has 0 atom stereocenters. The smallest absolute Gasteiger partial charge is 0.319 e. The Kier molecular flexibility index (Phi) is 3.59. The van der Waals surface area contributed by atoms with Gasteiger partial charge in [0.15, 0.2) is 0 Å². The summed E-state index contributed by atoms with van der Waals surface area (Å²) >= 11 is 0. The van der Waals surface area contributed by atoms with E-state index < -0.39 is 17.4 Å². The molecule has 19 heavy (non-hydrogen) atoms. The van der Waals surface area contributed by atoms with Gasteiger partial charge in [0.05, 0.1) is 12.5 Å². The van der Waals surface area contributed by atoms with Crippen molar-refractivity contribution in [3.63, 3.8) is 0 Å². The van der Waals surface area contributed by atoms with Crippen molar-refractivity contribution in [1.29, 1.82) is 0 Å². The number of anilines is 1. The summed E-state index contributed by atoms with van der Waals surface area (Å²) in [4.78, 5) is 22.6. The minimum absolute atomic E-state index is 0.157. The SMILES string of the molecule is COc1ccc(NC(=O)NCC2(C(=O)O)CC2)cc1. The predicted octanol–water partition coefficient (Wildman–Crippen LogP) is 1.68. The fraction of sp³-hybridized carbons (Fsp3) is 0.385. The summed E-state index contributed by atoms with van der Waals surface area (Å²) in [5.41, 5.74) is -0.129. The number of methoxy groups -OCH3 is 1. The van der Waals surface area contributed by atoms with Crippen LogP contribution in [0.4, 0.5) is 10.5 Å². The second-order valence-electron chi connectivity index (χ2n) is 4.62. The maximum atomic E-state index is 11.6. The van der Waals surface area contributed by atoms with Gasteiger partial charge in [-0.25, -0.2) is 4.79 Å². The van der Waals surface area contributed by atoms with Crippen molar-refractivity contribution in [1.82, 2.24) is 5.32 Å². The number of urea groups is 1. The minimum Gasteiger partial charge on any atom is -0.497 e. The molecule has 0 unspecified atom stereocenters. The standard InChI is InChI=1S/C13H16N2O4/c1-19-10-4-2-9(3-5-10)15-12(18)14-8-13(6-7-13)11(16)17/h2-5H,6-8H2,1H3,(H,16,17)(H2,14,15,18). The molecule has 0 saturated heterocycles. The number of carboxylic acids is 1. The molecule has 0 heterocycles. The summed E-state index contributed by atoms with van der Waals surface area (Å²) in [7, 11) is 1.57. The third-order valence-corrected chi connectivity index (χ3v) is 3.24. The van der Waals surface area contributed by atoms with Crippen LogP contribution in [0.5, 0.6) is 5.75 Å². The van der Waals surface area contributed by atoms with Gasteiger partial charge in [0.2, 0.25) is 0 Å². The molecule has 0 aromatic heterocycles. The van der Waals surface area contributed by atoms with Crippen LogP contribution in [0.25, 0.3) is 0 Å². The van der Waals surface area contributed by atoms with Gasteiger partial charge in [0.1, 0.15) is 5.75 Å². The zero-order valence-corrected chi connectivity index (χ0v) is 10.6. The molecule has 3 N–H and O–H groups in total. The molecule has 1 fully saturated rings. The molecule has 0 spiro atoms. The van der Waals surface area contributed by atoms with Crippen LogP contribution >= 0.6 is 0 Å². The number of carbonyl (C=O) groups is 2. The van der Waals surface area contributed by atoms with Crippen molar-refractivity contribution in [3.8, 4) is 5.75 Å². The van der Waals surface area contributed by atoms with Crippen LogP contribution in [0.2, 0.25) is 0 Å². The molecule has 1 aliphatic carbocycles. The fourth-order valence-corrected chi connectivity index (χ4v) is 1.72. The van der Waals surface area contributed by atoms with E-state index in [0.717, 1.165) is 0 Å². The van der Waals surface area contributed by atoms with Crippen LogP contribution in [0.1, 0.15) is 12.8 Å². The highest BCUT2D eigenvalue weighted by Gasteiger charge is 2.50. The number of hydrogen-bond donors (Lipinski definition) is 3. The Labute approximate surface area is 110 Å². The average Bonchev–Trinajstić information content (AvgIpc) is 3.18. The molecule has 0 bridgehead atoms. The number of ether oxygens (including phenoxy) is 1. The highest BCUT2D eigenvalue weighted by atomic mass is 16.5. The lowest BCUT2D eigenvalue weighted by molar-refractivity contribution is -0.143. The van der Waals surface area contributed by atoms with Gasteiger partial charge in [-0.15, -0.1) is 0 Å². The highest BCUT2D eigenvalue weighted by molar-refractivity contribution is 5.90. The normalized spacial score (nSPS) is 15.4. The zero-order valence-electron chi connectivity index (χ0n) is 10.6. The molecule has 2 amide bonds. The molecule has 102 valence electrons. The molecule has 2 rings (SSSR count). The van der Waals surface area contributed by atoms with E-state index in [2.05, 4.69) is 10.6 Å². The van der Waals surface area contributed by atoms with Gasteiger partial charge >= 0.3 is 12.0 Å². The monoisotopic (exact) mass is 264 g/mol. The Morgan fingerprint density at radius 3 is 2.42 bits per heavy atom. The van der Waals surface area contributed by atoms with Gasteiger partial charge in [0, 0.05) is 12.2 Å². The number of carbonyl (C=O) groups excluding carboxylic acids is 1. The average molecular weight is 264 g/mol. The van der Waals surface area contributed by atoms with Gasteiger partial charge in [-0.05, 0) is 37.1 Å². The Morgan fingerprint density at radius 2 is 1.95 bits per heavy atom. The largest absolute Gasteiger partial charge is 0.497 e. The van der Waals surface area contributed by atoms with Gasteiger partial charge in [-0.1, -0.05) is 0 Å². The van der Waals surface area contributed by atoms with Gasteiger partial charge in [-0.2, -0.15) is 0 Å². The first-order valence-corrected chi connectivity index (χ1v) is 5.98. The summed E-state index contributed by atoms with van der Waals surface area (Å²) in [5, 5.41) is 14.2. The van der Waals surface area contributed by atoms with Gasteiger partial charge < -0.3 is 20.5 Å². The maximum Gasteiger partial charge on any atom is 0.319 e. The molecule has 6 nitrogen and oxygen atoms in total. The lowest BCUT2D eigenvalue weighted by atomic mass is 10.1. The molecule has 1 aromatic carbocycles. The molecule has 1 saturated carbocycles. The third-order valence-electron chi connectivity index (χ3n) is 3.24. The third kappa shape index (κ3) is 3.15. The number of benzene rings is 1. The summed E-state index contributed by atoms with van der Waals surface area (Å²) < 4.78 is 5.01. The Morgan fingerprint density at radius 1 is 1.32 bits per heavy atom. The molecule has 0 aliphatic heterocycles. The lowest BCUT2D eigenvalue weighted by Crippen LogP contribution is -2.36. The quantitative estimate of drug-likeness (QED) is 0.755. The Balaban J connectivity index is 1.82. The van der Waals surface area contributed by atoms with E-state index in [1.54, 1.807) is 31.4 Å². The molecule has 0 radical (unpaired) electrons. The number of aliphatic carboxylic acids is 1. The summed E-state index contributed by atoms with van der Waals surface area (Å²) in [6, 6.07) is 6.48. The van der Waals surface area contributed by atoms with Crippen molar-refractivity contribution in [2.24, 2.45) is 5.41 Å². The van der Waals surface area contributed by atoms with E-state index in [1.165, 1.54) is 0 Å². The maximum absolute atomic E-state index is 11.6. The molecule has 6 heteroatoms. The summed E-state index contributed by atoms with van der Waals surface area (Å²) in [6.45, 7) is 0.157. The van der Waals surface area contributed by atoms with Crippen LogP contribution in [0.3, 0.4) is 0 Å². The Hall–Kier alpha value is -2.24. The first-order chi connectivity index (χ1) is 9.05. The number of rotatable bonds is 5. The van der Waals surface area contributed by atoms with Crippen molar-refractivity contribution in [3.05, 3.63) is 24.3 Å². The van der Waals surface area contributed by atoms with E-state index in [4.69, 9.17) is 9.84 Å². The van der Waals surface area contributed by atoms with Crippen molar-refractivity contribution < 1.29 is 19.4 Å². The molecule has 1 aliphatic rings. The van der Waals surface area contributed by atoms with Gasteiger partial charge in [0.25, 0.3) is 0 Å². The minimum atomic E-state index is -0.850. The first-order valence-electron chi connectivity index (χ1n) is 5.98. The summed E-state index contributed by atoms with van der Waals surface area (Å²) in [5.74, 6) is -0.147. The summed E-state index contributed by atoms with van der Waals surface area (Å²) in [6.07, 6.45) is 1.23. The van der Waals surface area contributed by atoms with Crippen LogP contribution in [-0.4, -0.2) is 30.8 Å². The van der Waals surface area contributed by atoms with Crippen molar-refractivity contribution >= 4 is 17.7 Å². The van der Waals surface area contributed by atoms with E-state index in [1.807, 2.05) is 0 Å². The number of carboxylic acid groups (broad SMARTS) is 1. The van der Waals surface area contributed by atoms with E-state index in [9.17, 15) is 9.59 Å². The number of amides is 2. The zero-order chi connectivity index (χ0) is 13.9. The van der Waals surface area contributed by atoms with Crippen molar-refractivity contribution in [2.45, 2.75) is 12.8 Å². The number of hydrogen-bond acceptors (Lipinski definition) is 3. The second-order valence-corrected chi connectivity index (χ2v) is 4.62.